The second-order valence-electron chi connectivity index (χ2n) is 5.23. The quantitative estimate of drug-likeness (QED) is 0.502. The van der Waals surface area contributed by atoms with Gasteiger partial charge in [0, 0.05) is 27.3 Å². The average Bonchev–Trinajstić information content (AvgIpc) is 2.44. The molecule has 0 N–H and O–H groups in total. The molecule has 1 fully saturated rings. The fourth-order valence-corrected chi connectivity index (χ4v) is 2.04. The first kappa shape index (κ1) is 18.4. The normalized spacial score (nSPS) is 15.5. The predicted molar refractivity (Wildman–Crippen MR) is 80.4 cm³/mol. The molecule has 1 saturated heterocycles. The number of likely N-dealkylation sites (tertiary alicyclic amines) is 1. The number of amides is 1. The molecule has 0 saturated carbocycles. The third-order valence-electron chi connectivity index (χ3n) is 3.13. The van der Waals surface area contributed by atoms with Crippen LogP contribution in [0.15, 0.2) is 0 Å². The average molecular weight is 272 g/mol. The number of nitrogens with zero attached hydrogens (tertiary/aromatic N) is 2. The first-order valence-corrected chi connectivity index (χ1v) is 7.62. The van der Waals surface area contributed by atoms with E-state index in [4.69, 9.17) is 4.74 Å². The van der Waals surface area contributed by atoms with Gasteiger partial charge >= 0.3 is 0 Å². The molecule has 4 heteroatoms. The molecule has 1 aliphatic heterocycles. The molecule has 0 unspecified atom stereocenters. The zero-order valence-electron chi connectivity index (χ0n) is 13.1. The van der Waals surface area contributed by atoms with Gasteiger partial charge in [-0.25, -0.2) is 0 Å². The minimum absolute atomic E-state index is 0.750. The highest BCUT2D eigenvalue weighted by Gasteiger charge is 2.08. The highest BCUT2D eigenvalue weighted by molar-refractivity contribution is 5.45. The summed E-state index contributed by atoms with van der Waals surface area (Å²) >= 11 is 0. The van der Waals surface area contributed by atoms with Crippen molar-refractivity contribution in [3.8, 4) is 0 Å². The number of hydrogen-bond donors (Lipinski definition) is 0. The van der Waals surface area contributed by atoms with E-state index in [9.17, 15) is 4.79 Å². The lowest BCUT2D eigenvalue weighted by molar-refractivity contribution is -0.115. The van der Waals surface area contributed by atoms with Crippen LogP contribution in [0.1, 0.15) is 45.4 Å². The maximum absolute atomic E-state index is 9.43. The van der Waals surface area contributed by atoms with E-state index in [1.165, 1.54) is 63.1 Å². The molecular weight excluding hydrogens is 240 g/mol. The standard InChI is InChI=1S/C12H25NO.C3H7NO/c1-2-14-12-8-4-7-11-13-9-5-3-6-10-13;1-4(2)3-5/h2-12H2,1H3;3H,1-2H3. The van der Waals surface area contributed by atoms with Crippen molar-refractivity contribution in [3.05, 3.63) is 0 Å². The van der Waals surface area contributed by atoms with E-state index >= 15 is 0 Å². The van der Waals surface area contributed by atoms with E-state index in [1.54, 1.807) is 14.1 Å². The van der Waals surface area contributed by atoms with Crippen molar-refractivity contribution < 1.29 is 9.53 Å². The Kier molecular flexibility index (Phi) is 13.4. The molecule has 0 aromatic carbocycles. The fourth-order valence-electron chi connectivity index (χ4n) is 2.04. The van der Waals surface area contributed by atoms with Gasteiger partial charge in [-0.15, -0.1) is 0 Å². The first-order chi connectivity index (χ1) is 9.20. The van der Waals surface area contributed by atoms with Crippen LogP contribution in [-0.2, 0) is 9.53 Å². The molecule has 19 heavy (non-hydrogen) atoms. The summed E-state index contributed by atoms with van der Waals surface area (Å²) in [6.45, 7) is 7.87. The molecule has 0 atom stereocenters. The van der Waals surface area contributed by atoms with Gasteiger partial charge < -0.3 is 14.5 Å². The van der Waals surface area contributed by atoms with Gasteiger partial charge in [0.2, 0.25) is 6.41 Å². The number of ether oxygens (including phenoxy) is 1. The number of piperidine rings is 1. The number of unbranched alkanes of at least 4 members (excludes halogenated alkanes) is 2. The van der Waals surface area contributed by atoms with Crippen molar-refractivity contribution >= 4 is 6.41 Å². The molecule has 4 nitrogen and oxygen atoms in total. The van der Waals surface area contributed by atoms with Crippen LogP contribution in [0.5, 0.6) is 0 Å². The Balaban J connectivity index is 0.000000555. The van der Waals surface area contributed by atoms with Gasteiger partial charge in [-0.05, 0) is 58.7 Å². The van der Waals surface area contributed by atoms with Crippen molar-refractivity contribution in [3.63, 3.8) is 0 Å². The minimum Gasteiger partial charge on any atom is -0.382 e. The molecule has 0 bridgehead atoms. The maximum atomic E-state index is 9.43. The third-order valence-corrected chi connectivity index (χ3v) is 3.13. The Labute approximate surface area is 119 Å². The van der Waals surface area contributed by atoms with E-state index in [0.29, 0.717) is 0 Å². The molecule has 114 valence electrons. The second kappa shape index (κ2) is 13.8. The molecule has 0 aromatic rings. The number of carbonyl (C=O) groups is 1. The molecule has 0 aliphatic carbocycles. The summed E-state index contributed by atoms with van der Waals surface area (Å²) in [6, 6.07) is 0. The van der Waals surface area contributed by atoms with E-state index < -0.39 is 0 Å². The van der Waals surface area contributed by atoms with Gasteiger partial charge in [0.05, 0.1) is 0 Å². The van der Waals surface area contributed by atoms with Gasteiger partial charge in [0.1, 0.15) is 0 Å². The summed E-state index contributed by atoms with van der Waals surface area (Å²) in [6.07, 6.45) is 8.95. The minimum atomic E-state index is 0.750. The Morgan fingerprint density at radius 2 is 1.74 bits per heavy atom. The summed E-state index contributed by atoms with van der Waals surface area (Å²) < 4.78 is 5.31. The van der Waals surface area contributed by atoms with Crippen LogP contribution in [0.4, 0.5) is 0 Å². The van der Waals surface area contributed by atoms with Gasteiger partial charge in [0.25, 0.3) is 0 Å². The van der Waals surface area contributed by atoms with Gasteiger partial charge in [-0.2, -0.15) is 0 Å². The highest BCUT2D eigenvalue weighted by atomic mass is 16.5. The highest BCUT2D eigenvalue weighted by Crippen LogP contribution is 2.09. The monoisotopic (exact) mass is 272 g/mol. The number of carbonyl (C=O) groups excluding carboxylic acids is 1. The van der Waals surface area contributed by atoms with Gasteiger partial charge in [-0.3, -0.25) is 4.79 Å². The lowest BCUT2D eigenvalue weighted by atomic mass is 10.1. The Hall–Kier alpha value is -0.610. The third kappa shape index (κ3) is 13.6. The van der Waals surface area contributed by atoms with E-state index in [1.807, 2.05) is 0 Å². The molecule has 1 heterocycles. The Morgan fingerprint density at radius 1 is 1.11 bits per heavy atom. The van der Waals surface area contributed by atoms with Gasteiger partial charge in [-0.1, -0.05) is 6.42 Å². The fraction of sp³-hybridized carbons (Fsp3) is 0.933. The summed E-state index contributed by atoms with van der Waals surface area (Å²) in [4.78, 5) is 13.5. The predicted octanol–water partition coefficient (Wildman–Crippen LogP) is 2.38. The maximum Gasteiger partial charge on any atom is 0.209 e. The van der Waals surface area contributed by atoms with E-state index in [0.717, 1.165) is 19.6 Å². The molecule has 1 amide bonds. The van der Waals surface area contributed by atoms with Crippen LogP contribution in [0, 0.1) is 0 Å². The van der Waals surface area contributed by atoms with Crippen LogP contribution < -0.4 is 0 Å². The van der Waals surface area contributed by atoms with Crippen LogP contribution in [-0.4, -0.2) is 63.2 Å². The topological polar surface area (TPSA) is 32.8 Å². The SMILES string of the molecule is CCOCCCCCN1CCCCC1.CN(C)C=O. The zero-order chi connectivity index (χ0) is 14.3. The lowest BCUT2D eigenvalue weighted by Crippen LogP contribution is -2.30. The molecule has 1 aliphatic rings. The summed E-state index contributed by atoms with van der Waals surface area (Å²) in [5, 5.41) is 0. The van der Waals surface area contributed by atoms with E-state index in [2.05, 4.69) is 11.8 Å². The molecular formula is C15H32N2O2. The van der Waals surface area contributed by atoms with Crippen LogP contribution in [0.25, 0.3) is 0 Å². The number of hydrogen-bond acceptors (Lipinski definition) is 3. The summed E-state index contributed by atoms with van der Waals surface area (Å²) in [7, 11) is 3.38. The smallest absolute Gasteiger partial charge is 0.209 e. The van der Waals surface area contributed by atoms with Gasteiger partial charge in [0.15, 0.2) is 0 Å². The Bertz CT molecular complexity index is 193. The van der Waals surface area contributed by atoms with Crippen molar-refractivity contribution in [1.82, 2.24) is 9.80 Å². The Morgan fingerprint density at radius 3 is 2.26 bits per heavy atom. The molecule has 1 rings (SSSR count). The molecule has 0 aromatic heterocycles. The lowest BCUT2D eigenvalue weighted by Gasteiger charge is -2.26. The zero-order valence-corrected chi connectivity index (χ0v) is 13.1. The van der Waals surface area contributed by atoms with Crippen molar-refractivity contribution in [2.24, 2.45) is 0 Å². The van der Waals surface area contributed by atoms with Crippen molar-refractivity contribution in [2.75, 3.05) is 46.9 Å². The van der Waals surface area contributed by atoms with E-state index in [-0.39, 0.29) is 0 Å². The largest absolute Gasteiger partial charge is 0.382 e. The van der Waals surface area contributed by atoms with Crippen LogP contribution >= 0.6 is 0 Å². The van der Waals surface area contributed by atoms with Crippen molar-refractivity contribution in [2.45, 2.75) is 45.4 Å². The summed E-state index contributed by atoms with van der Waals surface area (Å²) in [5.74, 6) is 0. The molecule has 0 radical (unpaired) electrons. The van der Waals surface area contributed by atoms with Crippen molar-refractivity contribution in [1.29, 1.82) is 0 Å². The number of rotatable bonds is 8. The van der Waals surface area contributed by atoms with Crippen LogP contribution in [0.3, 0.4) is 0 Å². The molecule has 0 spiro atoms. The van der Waals surface area contributed by atoms with Crippen LogP contribution in [0.2, 0.25) is 0 Å². The second-order valence-corrected chi connectivity index (χ2v) is 5.23. The summed E-state index contributed by atoms with van der Waals surface area (Å²) in [5.41, 5.74) is 0. The first-order valence-electron chi connectivity index (χ1n) is 7.62.